The summed E-state index contributed by atoms with van der Waals surface area (Å²) in [6, 6.07) is 4.39. The van der Waals surface area contributed by atoms with E-state index in [9.17, 15) is 13.2 Å². The Morgan fingerprint density at radius 1 is 1.11 bits per heavy atom. The molecule has 3 heterocycles. The van der Waals surface area contributed by atoms with Crippen LogP contribution in [0.25, 0.3) is 0 Å². The smallest absolute Gasteiger partial charge is 0.338 e. The van der Waals surface area contributed by atoms with Gasteiger partial charge in [0.2, 0.25) is 5.95 Å². The van der Waals surface area contributed by atoms with Crippen molar-refractivity contribution in [1.29, 1.82) is 0 Å². The summed E-state index contributed by atoms with van der Waals surface area (Å²) in [5, 5.41) is 0. The van der Waals surface area contributed by atoms with Crippen molar-refractivity contribution >= 4 is 5.95 Å². The Kier molecular flexibility index (Phi) is 5.50. The van der Waals surface area contributed by atoms with E-state index in [-0.39, 0.29) is 6.04 Å². The highest BCUT2D eigenvalue weighted by molar-refractivity contribution is 5.31. The number of rotatable bonds is 3. The monoisotopic (exact) mass is 380 g/mol. The molecule has 1 saturated heterocycles. The van der Waals surface area contributed by atoms with Gasteiger partial charge in [0, 0.05) is 64.9 Å². The van der Waals surface area contributed by atoms with E-state index in [0.717, 1.165) is 31.0 Å². The normalized spacial score (nSPS) is 18.0. The van der Waals surface area contributed by atoms with Crippen LogP contribution < -0.4 is 10.4 Å². The topological polar surface area (TPSA) is 49.6 Å². The fourth-order valence-electron chi connectivity index (χ4n) is 3.21. The maximum absolute atomic E-state index is 12.6. The maximum atomic E-state index is 12.6. The summed E-state index contributed by atoms with van der Waals surface area (Å²) in [6.45, 7) is 5.05. The largest absolute Gasteiger partial charge is 0.419 e. The van der Waals surface area contributed by atoms with Crippen LogP contribution in [-0.4, -0.2) is 52.7 Å². The summed E-state index contributed by atoms with van der Waals surface area (Å²) in [5.41, 5.74) is 1.27. The van der Waals surface area contributed by atoms with Crippen LogP contribution in [0.1, 0.15) is 24.1 Å². The number of hydrogen-bond donors (Lipinski definition) is 0. The lowest BCUT2D eigenvalue weighted by atomic mass is 10.1. The van der Waals surface area contributed by atoms with Crippen molar-refractivity contribution in [2.75, 3.05) is 38.1 Å². The van der Waals surface area contributed by atoms with Crippen LogP contribution in [0.2, 0.25) is 0 Å². The van der Waals surface area contributed by atoms with E-state index >= 15 is 0 Å². The molecule has 0 aliphatic carbocycles. The Labute approximate surface area is 156 Å². The van der Waals surface area contributed by atoms with Gasteiger partial charge in [-0.2, -0.15) is 13.2 Å². The Balaban J connectivity index is 1.65. The third kappa shape index (κ3) is 4.29. The van der Waals surface area contributed by atoms with Crippen LogP contribution in [0.3, 0.4) is 0 Å². The van der Waals surface area contributed by atoms with E-state index < -0.39 is 11.7 Å². The van der Waals surface area contributed by atoms with Crippen LogP contribution in [-0.2, 0) is 13.2 Å². The summed E-state index contributed by atoms with van der Waals surface area (Å²) in [5.74, 6) is 0.342. The van der Waals surface area contributed by atoms with Crippen LogP contribution in [0.4, 0.5) is 19.1 Å². The fraction of sp³-hybridized carbons (Fsp3) is 0.500. The van der Waals surface area contributed by atoms with Crippen LogP contribution in [0.5, 0.6) is 0 Å². The predicted molar refractivity (Wildman–Crippen MR) is 96.1 cm³/mol. The molecule has 0 spiro atoms. The minimum atomic E-state index is -4.41. The molecule has 1 fully saturated rings. The summed E-state index contributed by atoms with van der Waals surface area (Å²) in [4.78, 5) is 16.3. The van der Waals surface area contributed by atoms with Crippen molar-refractivity contribution in [3.05, 3.63) is 47.3 Å². The Morgan fingerprint density at radius 3 is 2.30 bits per heavy atom. The zero-order chi connectivity index (χ0) is 19.6. The van der Waals surface area contributed by atoms with Crippen molar-refractivity contribution in [2.24, 2.45) is 12.0 Å². The number of alkyl halides is 3. The third-order valence-electron chi connectivity index (χ3n) is 4.97. The van der Waals surface area contributed by atoms with E-state index in [1.54, 1.807) is 7.05 Å². The minimum Gasteiger partial charge on any atom is -0.338 e. The first-order valence-corrected chi connectivity index (χ1v) is 8.77. The van der Waals surface area contributed by atoms with Crippen molar-refractivity contribution in [3.63, 3.8) is 0 Å². The van der Waals surface area contributed by atoms with Gasteiger partial charge in [0.15, 0.2) is 0 Å². The van der Waals surface area contributed by atoms with E-state index in [0.29, 0.717) is 19.0 Å². The third-order valence-corrected chi connectivity index (χ3v) is 4.97. The Hall–Kier alpha value is -2.42. The zero-order valence-electron chi connectivity index (χ0n) is 15.6. The fourth-order valence-corrected chi connectivity index (χ4v) is 3.21. The van der Waals surface area contributed by atoms with Gasteiger partial charge in [-0.25, -0.2) is 9.97 Å². The first-order valence-electron chi connectivity index (χ1n) is 8.77. The van der Waals surface area contributed by atoms with E-state index in [1.165, 1.54) is 5.56 Å². The van der Waals surface area contributed by atoms with Crippen molar-refractivity contribution < 1.29 is 13.2 Å². The summed E-state index contributed by atoms with van der Waals surface area (Å²) in [7, 11) is 3.73. The van der Waals surface area contributed by atoms with Crippen molar-refractivity contribution in [2.45, 2.75) is 19.1 Å². The highest BCUT2D eigenvalue weighted by Gasteiger charge is 2.32. The highest BCUT2D eigenvalue weighted by Crippen LogP contribution is 2.28. The average Bonchev–Trinajstić information content (AvgIpc) is 2.67. The summed E-state index contributed by atoms with van der Waals surface area (Å²) >= 11 is 0. The number of piperazine rings is 1. The van der Waals surface area contributed by atoms with Crippen LogP contribution >= 0.6 is 0 Å². The lowest BCUT2D eigenvalue weighted by Crippen LogP contribution is -2.47. The second-order valence-corrected chi connectivity index (χ2v) is 6.62. The lowest BCUT2D eigenvalue weighted by Gasteiger charge is -2.38. The van der Waals surface area contributed by atoms with Gasteiger partial charge in [-0.05, 0) is 24.6 Å². The molecule has 1 unspecified atom stereocenters. The van der Waals surface area contributed by atoms with Gasteiger partial charge in [0.05, 0.1) is 5.56 Å². The first kappa shape index (κ1) is 19.3. The SMILES string of the molecule is CN=c1cc(C(C)N2CCN(c3ncc(C(F)(F)F)cn3)CC2)ccn1C. The first-order chi connectivity index (χ1) is 12.8. The molecule has 1 atom stereocenters. The molecule has 0 radical (unpaired) electrons. The van der Waals surface area contributed by atoms with Gasteiger partial charge in [-0.1, -0.05) is 0 Å². The second kappa shape index (κ2) is 7.67. The lowest BCUT2D eigenvalue weighted by molar-refractivity contribution is -0.138. The van der Waals surface area contributed by atoms with E-state index in [1.807, 2.05) is 22.7 Å². The van der Waals surface area contributed by atoms with Gasteiger partial charge in [0.25, 0.3) is 0 Å². The molecule has 1 aliphatic heterocycles. The molecule has 0 amide bonds. The molecule has 3 rings (SSSR count). The molecule has 27 heavy (non-hydrogen) atoms. The average molecular weight is 380 g/mol. The molecule has 0 saturated carbocycles. The Morgan fingerprint density at radius 2 is 1.74 bits per heavy atom. The molecule has 0 N–H and O–H groups in total. The highest BCUT2D eigenvalue weighted by atomic mass is 19.4. The van der Waals surface area contributed by atoms with Crippen LogP contribution in [0, 0.1) is 0 Å². The molecule has 0 bridgehead atoms. The minimum absolute atomic E-state index is 0.224. The molecular formula is C18H23F3N6. The zero-order valence-corrected chi connectivity index (χ0v) is 15.6. The molecule has 2 aromatic rings. The number of hydrogen-bond acceptors (Lipinski definition) is 5. The summed E-state index contributed by atoms with van der Waals surface area (Å²) < 4.78 is 39.9. The standard InChI is InChI=1S/C18H23F3N6/c1-13(14-4-5-25(3)16(10-14)22-2)26-6-8-27(9-7-26)17-23-11-15(12-24-17)18(19,20)21/h4-5,10-13H,6-9H2,1-3H3. The van der Waals surface area contributed by atoms with E-state index in [2.05, 4.69) is 38.9 Å². The predicted octanol–water partition coefficient (Wildman–Crippen LogP) is 2.25. The van der Waals surface area contributed by atoms with Gasteiger partial charge >= 0.3 is 6.18 Å². The quantitative estimate of drug-likeness (QED) is 0.820. The molecular weight excluding hydrogens is 357 g/mol. The molecule has 146 valence electrons. The van der Waals surface area contributed by atoms with Gasteiger partial charge in [-0.3, -0.25) is 9.89 Å². The number of nitrogens with zero attached hydrogens (tertiary/aromatic N) is 6. The van der Waals surface area contributed by atoms with E-state index in [4.69, 9.17) is 0 Å². The number of aryl methyl sites for hydroxylation is 1. The number of aromatic nitrogens is 3. The molecule has 1 aliphatic rings. The number of pyridine rings is 1. The van der Waals surface area contributed by atoms with Gasteiger partial charge in [0.1, 0.15) is 5.49 Å². The summed E-state index contributed by atoms with van der Waals surface area (Å²) in [6.07, 6.45) is -0.725. The molecule has 2 aromatic heterocycles. The molecule has 0 aromatic carbocycles. The maximum Gasteiger partial charge on any atom is 0.419 e. The molecule has 6 nitrogen and oxygen atoms in total. The number of halogens is 3. The molecule has 9 heteroatoms. The second-order valence-electron chi connectivity index (χ2n) is 6.62. The number of anilines is 1. The van der Waals surface area contributed by atoms with Crippen LogP contribution in [0.15, 0.2) is 35.7 Å². The van der Waals surface area contributed by atoms with Gasteiger partial charge in [-0.15, -0.1) is 0 Å². The van der Waals surface area contributed by atoms with Crippen molar-refractivity contribution in [3.8, 4) is 0 Å². The van der Waals surface area contributed by atoms with Crippen molar-refractivity contribution in [1.82, 2.24) is 19.4 Å². The van der Waals surface area contributed by atoms with Gasteiger partial charge < -0.3 is 9.47 Å². The Bertz CT molecular complexity index is 835.